The molecule has 0 aliphatic carbocycles. The molecule has 6 heteroatoms. The molecule has 3 aromatic rings. The third-order valence-electron chi connectivity index (χ3n) is 4.62. The highest BCUT2D eigenvalue weighted by atomic mass is 32.2. The van der Waals surface area contributed by atoms with Crippen LogP contribution in [-0.4, -0.2) is 31.4 Å². The largest absolute Gasteiger partial charge is 0.351 e. The lowest BCUT2D eigenvalue weighted by atomic mass is 10.0. The summed E-state index contributed by atoms with van der Waals surface area (Å²) in [5.41, 5.74) is 2.94. The van der Waals surface area contributed by atoms with Gasteiger partial charge in [-0.15, -0.1) is 0 Å². The van der Waals surface area contributed by atoms with E-state index >= 15 is 0 Å². The van der Waals surface area contributed by atoms with Gasteiger partial charge in [0, 0.05) is 13.1 Å². The van der Waals surface area contributed by atoms with Crippen molar-refractivity contribution in [3.8, 4) is 0 Å². The molecule has 0 heterocycles. The number of hydrogen-bond acceptors (Lipinski definition) is 3. The Morgan fingerprint density at radius 3 is 2.36 bits per heavy atom. The summed E-state index contributed by atoms with van der Waals surface area (Å²) in [6.07, 6.45) is 1.12. The first-order chi connectivity index (χ1) is 13.3. The zero-order chi connectivity index (χ0) is 20.1. The number of carbonyl (C=O) groups excluding carboxylic acids is 1. The lowest BCUT2D eigenvalue weighted by molar-refractivity contribution is -0.121. The van der Waals surface area contributed by atoms with Crippen molar-refractivity contribution >= 4 is 26.7 Å². The maximum Gasteiger partial charge on any atom is 0.235 e. The Kier molecular flexibility index (Phi) is 6.11. The van der Waals surface area contributed by atoms with E-state index in [2.05, 4.69) is 5.32 Å². The minimum absolute atomic E-state index is 0.167. The number of rotatable bonds is 7. The van der Waals surface area contributed by atoms with E-state index in [0.29, 0.717) is 6.54 Å². The molecule has 0 fully saturated rings. The van der Waals surface area contributed by atoms with E-state index in [-0.39, 0.29) is 19.0 Å². The zero-order valence-electron chi connectivity index (χ0n) is 16.1. The van der Waals surface area contributed by atoms with Crippen LogP contribution in [-0.2, 0) is 27.9 Å². The Morgan fingerprint density at radius 1 is 0.964 bits per heavy atom. The van der Waals surface area contributed by atoms with Gasteiger partial charge in [-0.3, -0.25) is 4.79 Å². The van der Waals surface area contributed by atoms with Gasteiger partial charge in [0.15, 0.2) is 0 Å². The first kappa shape index (κ1) is 20.0. The molecule has 0 saturated carbocycles. The second kappa shape index (κ2) is 8.54. The molecule has 5 nitrogen and oxygen atoms in total. The minimum Gasteiger partial charge on any atom is -0.351 e. The molecule has 0 aliphatic heterocycles. The van der Waals surface area contributed by atoms with Crippen molar-refractivity contribution in [2.75, 3.05) is 12.8 Å². The molecule has 0 saturated heterocycles. The van der Waals surface area contributed by atoms with Crippen molar-refractivity contribution in [3.63, 3.8) is 0 Å². The van der Waals surface area contributed by atoms with Crippen LogP contribution < -0.4 is 5.32 Å². The number of nitrogens with zero attached hydrogens (tertiary/aromatic N) is 1. The quantitative estimate of drug-likeness (QED) is 0.667. The fourth-order valence-corrected chi connectivity index (χ4v) is 3.78. The lowest BCUT2D eigenvalue weighted by Crippen LogP contribution is -2.39. The Hall–Kier alpha value is -2.70. The fraction of sp³-hybridized carbons (Fsp3) is 0.227. The van der Waals surface area contributed by atoms with Crippen LogP contribution >= 0.6 is 0 Å². The molecule has 28 heavy (non-hydrogen) atoms. The van der Waals surface area contributed by atoms with Crippen molar-refractivity contribution in [3.05, 3.63) is 83.4 Å². The molecule has 0 spiro atoms. The molecule has 0 unspecified atom stereocenters. The van der Waals surface area contributed by atoms with Crippen molar-refractivity contribution in [1.29, 1.82) is 0 Å². The maximum absolute atomic E-state index is 12.4. The number of benzene rings is 3. The molecule has 0 atom stereocenters. The van der Waals surface area contributed by atoms with Crippen molar-refractivity contribution < 1.29 is 13.2 Å². The van der Waals surface area contributed by atoms with Crippen LogP contribution in [0.3, 0.4) is 0 Å². The molecule has 1 N–H and O–H groups in total. The van der Waals surface area contributed by atoms with E-state index in [1.165, 1.54) is 4.31 Å². The molecule has 0 bridgehead atoms. The minimum atomic E-state index is -3.51. The van der Waals surface area contributed by atoms with Crippen LogP contribution in [0.15, 0.2) is 66.7 Å². The molecule has 1 amide bonds. The molecule has 0 aliphatic rings. The SMILES string of the molecule is Cc1ccc(CN(CC(=O)NCc2cccc3ccccc23)S(C)(=O)=O)cc1. The Balaban J connectivity index is 1.67. The van der Waals surface area contributed by atoms with Gasteiger partial charge in [0.2, 0.25) is 15.9 Å². The first-order valence-electron chi connectivity index (χ1n) is 9.07. The summed E-state index contributed by atoms with van der Waals surface area (Å²) in [6, 6.07) is 21.5. The predicted molar refractivity (Wildman–Crippen MR) is 112 cm³/mol. The summed E-state index contributed by atoms with van der Waals surface area (Å²) in [5.74, 6) is -0.328. The highest BCUT2D eigenvalue weighted by Crippen LogP contribution is 2.18. The summed E-state index contributed by atoms with van der Waals surface area (Å²) in [7, 11) is -3.51. The topological polar surface area (TPSA) is 66.5 Å². The second-order valence-electron chi connectivity index (χ2n) is 6.93. The Labute approximate surface area is 166 Å². The molecule has 3 aromatic carbocycles. The van der Waals surface area contributed by atoms with Crippen molar-refractivity contribution in [1.82, 2.24) is 9.62 Å². The molecular formula is C22H24N2O3S. The van der Waals surface area contributed by atoms with E-state index in [1.54, 1.807) is 0 Å². The van der Waals surface area contributed by atoms with E-state index < -0.39 is 10.0 Å². The van der Waals surface area contributed by atoms with Crippen LogP contribution in [0.5, 0.6) is 0 Å². The summed E-state index contributed by atoms with van der Waals surface area (Å²) in [5, 5.41) is 5.02. The molecule has 3 rings (SSSR count). The zero-order valence-corrected chi connectivity index (χ0v) is 16.9. The smallest absolute Gasteiger partial charge is 0.235 e. The Bertz CT molecular complexity index is 1070. The standard InChI is InChI=1S/C22H24N2O3S/c1-17-10-12-18(13-11-17)15-24(28(2,26)27)16-22(25)23-14-20-8-5-7-19-6-3-4-9-21(19)20/h3-13H,14-16H2,1-2H3,(H,23,25). The average Bonchev–Trinajstić information content (AvgIpc) is 2.66. The van der Waals surface area contributed by atoms with Gasteiger partial charge in [-0.05, 0) is 28.8 Å². The van der Waals surface area contributed by atoms with Crippen LogP contribution in [0.1, 0.15) is 16.7 Å². The van der Waals surface area contributed by atoms with E-state index in [9.17, 15) is 13.2 Å². The third kappa shape index (κ3) is 5.18. The highest BCUT2D eigenvalue weighted by molar-refractivity contribution is 7.88. The summed E-state index contributed by atoms with van der Waals surface area (Å²) < 4.78 is 25.5. The monoisotopic (exact) mass is 396 g/mol. The summed E-state index contributed by atoms with van der Waals surface area (Å²) in [4.78, 5) is 12.4. The van der Waals surface area contributed by atoms with Gasteiger partial charge in [0.05, 0.1) is 12.8 Å². The third-order valence-corrected chi connectivity index (χ3v) is 5.82. The van der Waals surface area contributed by atoms with Crippen molar-refractivity contribution in [2.45, 2.75) is 20.0 Å². The lowest BCUT2D eigenvalue weighted by Gasteiger charge is -2.20. The number of nitrogens with one attached hydrogen (secondary N) is 1. The molecule has 146 valence electrons. The van der Waals surface area contributed by atoms with Gasteiger partial charge in [-0.2, -0.15) is 4.31 Å². The van der Waals surface area contributed by atoms with Gasteiger partial charge < -0.3 is 5.32 Å². The van der Waals surface area contributed by atoms with Crippen LogP contribution in [0, 0.1) is 6.92 Å². The van der Waals surface area contributed by atoms with E-state index in [4.69, 9.17) is 0 Å². The van der Waals surface area contributed by atoms with Gasteiger partial charge in [-0.1, -0.05) is 72.3 Å². The average molecular weight is 397 g/mol. The van der Waals surface area contributed by atoms with Gasteiger partial charge >= 0.3 is 0 Å². The molecule has 0 radical (unpaired) electrons. The Morgan fingerprint density at radius 2 is 1.64 bits per heavy atom. The van der Waals surface area contributed by atoms with Crippen LogP contribution in [0.2, 0.25) is 0 Å². The second-order valence-corrected chi connectivity index (χ2v) is 8.91. The number of hydrogen-bond donors (Lipinski definition) is 1. The van der Waals surface area contributed by atoms with Gasteiger partial charge in [-0.25, -0.2) is 8.42 Å². The number of sulfonamides is 1. The summed E-state index contributed by atoms with van der Waals surface area (Å²) in [6.45, 7) is 2.28. The number of amides is 1. The molecule has 0 aromatic heterocycles. The number of aryl methyl sites for hydroxylation is 1. The number of fused-ring (bicyclic) bond motifs is 1. The number of carbonyl (C=O) groups is 1. The van der Waals surface area contributed by atoms with Crippen molar-refractivity contribution in [2.24, 2.45) is 0 Å². The predicted octanol–water partition coefficient (Wildman–Crippen LogP) is 3.23. The van der Waals surface area contributed by atoms with E-state index in [0.717, 1.165) is 33.7 Å². The first-order valence-corrected chi connectivity index (χ1v) is 10.9. The van der Waals surface area contributed by atoms with Crippen LogP contribution in [0.25, 0.3) is 10.8 Å². The van der Waals surface area contributed by atoms with E-state index in [1.807, 2.05) is 73.7 Å². The highest BCUT2D eigenvalue weighted by Gasteiger charge is 2.20. The molecular weight excluding hydrogens is 372 g/mol. The summed E-state index contributed by atoms with van der Waals surface area (Å²) >= 11 is 0. The maximum atomic E-state index is 12.4. The normalized spacial score (nSPS) is 11.7. The van der Waals surface area contributed by atoms with Gasteiger partial charge in [0.1, 0.15) is 0 Å². The fourth-order valence-electron chi connectivity index (χ4n) is 3.04. The van der Waals surface area contributed by atoms with Crippen LogP contribution in [0.4, 0.5) is 0 Å². The van der Waals surface area contributed by atoms with Gasteiger partial charge in [0.25, 0.3) is 0 Å².